The number of amides is 1. The van der Waals surface area contributed by atoms with E-state index in [0.29, 0.717) is 23.4 Å². The number of anilines is 1. The summed E-state index contributed by atoms with van der Waals surface area (Å²) in [5.41, 5.74) is 0. The lowest BCUT2D eigenvalue weighted by atomic mass is 10.3. The molecule has 1 aromatic heterocycles. The van der Waals surface area contributed by atoms with Gasteiger partial charge in [0.15, 0.2) is 6.61 Å². The quantitative estimate of drug-likeness (QED) is 0.849. The topological polar surface area (TPSA) is 73.3 Å². The first-order valence-electron chi connectivity index (χ1n) is 7.23. The van der Waals surface area contributed by atoms with Gasteiger partial charge in [-0.3, -0.25) is 10.1 Å². The Morgan fingerprint density at radius 2 is 1.91 bits per heavy atom. The molecule has 0 atom stereocenters. The molecule has 0 spiro atoms. The Morgan fingerprint density at radius 1 is 1.23 bits per heavy atom. The molecule has 1 N–H and O–H groups in total. The van der Waals surface area contributed by atoms with Gasteiger partial charge in [-0.25, -0.2) is 0 Å². The molecular weight excluding hydrogens is 302 g/mol. The predicted molar refractivity (Wildman–Crippen MR) is 83.6 cm³/mol. The Hall–Kier alpha value is -2.15. The van der Waals surface area contributed by atoms with E-state index >= 15 is 0 Å². The van der Waals surface area contributed by atoms with E-state index in [4.69, 9.17) is 9.47 Å². The molecule has 1 aliphatic rings. The molecule has 0 saturated heterocycles. The minimum atomic E-state index is -0.243. The average Bonchev–Trinajstić information content (AvgIpc) is 3.27. The van der Waals surface area contributed by atoms with Crippen LogP contribution in [0.2, 0.25) is 0 Å². The van der Waals surface area contributed by atoms with Crippen molar-refractivity contribution >= 4 is 22.4 Å². The Balaban J connectivity index is 1.46. The number of nitrogens with zero attached hydrogens (tertiary/aromatic N) is 2. The molecule has 0 radical (unpaired) electrons. The molecule has 1 aliphatic carbocycles. The van der Waals surface area contributed by atoms with Gasteiger partial charge >= 0.3 is 0 Å². The van der Waals surface area contributed by atoms with Gasteiger partial charge < -0.3 is 9.47 Å². The van der Waals surface area contributed by atoms with Crippen molar-refractivity contribution in [2.45, 2.75) is 25.7 Å². The Bertz CT molecular complexity index is 638. The summed E-state index contributed by atoms with van der Waals surface area (Å²) in [6, 6.07) is 7.16. The molecule has 1 aromatic carbocycles. The number of nitrogens with one attached hydrogen (secondary N) is 1. The molecule has 1 fully saturated rings. The third kappa shape index (κ3) is 3.94. The largest absolute Gasteiger partial charge is 0.494 e. The lowest BCUT2D eigenvalue weighted by Crippen LogP contribution is -2.20. The molecular formula is C15H17N3O3S. The first-order chi connectivity index (χ1) is 10.7. The zero-order chi connectivity index (χ0) is 15.4. The fourth-order valence-corrected chi connectivity index (χ4v) is 2.81. The lowest BCUT2D eigenvalue weighted by molar-refractivity contribution is -0.118. The normalized spacial score (nSPS) is 13.7. The van der Waals surface area contributed by atoms with Crippen molar-refractivity contribution < 1.29 is 14.3 Å². The number of carbonyl (C=O) groups excluding carboxylic acids is 1. The second-order valence-electron chi connectivity index (χ2n) is 4.96. The van der Waals surface area contributed by atoms with Crippen LogP contribution in [0.5, 0.6) is 11.5 Å². The summed E-state index contributed by atoms with van der Waals surface area (Å²) in [4.78, 5) is 11.8. The zero-order valence-electron chi connectivity index (χ0n) is 12.2. The molecule has 7 heteroatoms. The smallest absolute Gasteiger partial charge is 0.264 e. The van der Waals surface area contributed by atoms with Crippen LogP contribution in [0, 0.1) is 0 Å². The summed E-state index contributed by atoms with van der Waals surface area (Å²) in [6.45, 7) is 2.48. The predicted octanol–water partition coefficient (Wildman–Crippen LogP) is 2.83. The summed E-state index contributed by atoms with van der Waals surface area (Å²) in [5, 5.41) is 12.3. The van der Waals surface area contributed by atoms with E-state index in [2.05, 4.69) is 15.5 Å². The third-order valence-electron chi connectivity index (χ3n) is 3.12. The van der Waals surface area contributed by atoms with Crippen LogP contribution in [0.15, 0.2) is 24.3 Å². The molecule has 6 nitrogen and oxygen atoms in total. The number of hydrogen-bond acceptors (Lipinski definition) is 6. The van der Waals surface area contributed by atoms with Crippen molar-refractivity contribution in [2.75, 3.05) is 18.5 Å². The van der Waals surface area contributed by atoms with Crippen molar-refractivity contribution in [1.82, 2.24) is 10.2 Å². The Morgan fingerprint density at radius 3 is 2.55 bits per heavy atom. The van der Waals surface area contributed by atoms with E-state index in [-0.39, 0.29) is 12.5 Å². The van der Waals surface area contributed by atoms with E-state index in [1.165, 1.54) is 24.2 Å². The van der Waals surface area contributed by atoms with Gasteiger partial charge in [-0.2, -0.15) is 0 Å². The minimum Gasteiger partial charge on any atom is -0.494 e. The van der Waals surface area contributed by atoms with Crippen LogP contribution in [0.1, 0.15) is 30.7 Å². The van der Waals surface area contributed by atoms with Gasteiger partial charge in [0.05, 0.1) is 6.61 Å². The van der Waals surface area contributed by atoms with Gasteiger partial charge in [0.1, 0.15) is 16.5 Å². The van der Waals surface area contributed by atoms with E-state index < -0.39 is 0 Å². The monoisotopic (exact) mass is 319 g/mol. The van der Waals surface area contributed by atoms with Crippen molar-refractivity contribution in [1.29, 1.82) is 0 Å². The van der Waals surface area contributed by atoms with E-state index in [1.807, 2.05) is 19.1 Å². The second-order valence-corrected chi connectivity index (χ2v) is 5.97. The lowest BCUT2D eigenvalue weighted by Gasteiger charge is -2.07. The highest BCUT2D eigenvalue weighted by atomic mass is 32.1. The maximum absolute atomic E-state index is 11.8. The Labute approximate surface area is 132 Å². The number of rotatable bonds is 7. The Kier molecular flexibility index (Phi) is 4.53. The fourth-order valence-electron chi connectivity index (χ4n) is 1.88. The number of ether oxygens (including phenoxy) is 2. The summed E-state index contributed by atoms with van der Waals surface area (Å²) < 4.78 is 10.8. The van der Waals surface area contributed by atoms with Crippen LogP contribution in [0.3, 0.4) is 0 Å². The maximum Gasteiger partial charge on any atom is 0.264 e. The van der Waals surface area contributed by atoms with E-state index in [1.54, 1.807) is 12.1 Å². The van der Waals surface area contributed by atoms with Gasteiger partial charge in [-0.1, -0.05) is 11.3 Å². The highest BCUT2D eigenvalue weighted by Crippen LogP contribution is 2.41. The van der Waals surface area contributed by atoms with Crippen LogP contribution >= 0.6 is 11.3 Å². The van der Waals surface area contributed by atoms with Crippen molar-refractivity contribution in [2.24, 2.45) is 0 Å². The molecule has 0 unspecified atom stereocenters. The van der Waals surface area contributed by atoms with Gasteiger partial charge in [0.2, 0.25) is 5.13 Å². The zero-order valence-corrected chi connectivity index (χ0v) is 13.1. The van der Waals surface area contributed by atoms with Gasteiger partial charge in [-0.15, -0.1) is 10.2 Å². The highest BCUT2D eigenvalue weighted by Gasteiger charge is 2.27. The van der Waals surface area contributed by atoms with Crippen molar-refractivity contribution in [3.8, 4) is 11.5 Å². The third-order valence-corrected chi connectivity index (χ3v) is 4.12. The van der Waals surface area contributed by atoms with E-state index in [0.717, 1.165) is 10.8 Å². The SMILES string of the molecule is CCOc1ccc(OCC(=O)Nc2nnc(C3CC3)s2)cc1. The highest BCUT2D eigenvalue weighted by molar-refractivity contribution is 7.15. The molecule has 3 rings (SSSR count). The van der Waals surface area contributed by atoms with Crippen LogP contribution in [0.25, 0.3) is 0 Å². The van der Waals surface area contributed by atoms with Crippen LogP contribution in [0.4, 0.5) is 5.13 Å². The number of carbonyl (C=O) groups is 1. The number of aromatic nitrogens is 2. The van der Waals surface area contributed by atoms with Crippen LogP contribution in [-0.4, -0.2) is 29.3 Å². The first kappa shape index (κ1) is 14.8. The molecule has 0 bridgehead atoms. The summed E-state index contributed by atoms with van der Waals surface area (Å²) in [7, 11) is 0. The number of benzene rings is 1. The molecule has 2 aromatic rings. The second kappa shape index (κ2) is 6.74. The van der Waals surface area contributed by atoms with E-state index in [9.17, 15) is 4.79 Å². The molecule has 0 aliphatic heterocycles. The molecule has 22 heavy (non-hydrogen) atoms. The van der Waals surface area contributed by atoms with Gasteiger partial charge in [-0.05, 0) is 44.0 Å². The molecule has 116 valence electrons. The average molecular weight is 319 g/mol. The molecule has 1 amide bonds. The minimum absolute atomic E-state index is 0.0632. The van der Waals surface area contributed by atoms with Gasteiger partial charge in [0.25, 0.3) is 5.91 Å². The first-order valence-corrected chi connectivity index (χ1v) is 8.05. The van der Waals surface area contributed by atoms with Crippen LogP contribution in [-0.2, 0) is 4.79 Å². The van der Waals surface area contributed by atoms with Crippen molar-refractivity contribution in [3.63, 3.8) is 0 Å². The summed E-state index contributed by atoms with van der Waals surface area (Å²) in [6.07, 6.45) is 2.34. The van der Waals surface area contributed by atoms with Crippen molar-refractivity contribution in [3.05, 3.63) is 29.3 Å². The number of hydrogen-bond donors (Lipinski definition) is 1. The maximum atomic E-state index is 11.8. The molecule has 1 saturated carbocycles. The van der Waals surface area contributed by atoms with Crippen LogP contribution < -0.4 is 14.8 Å². The van der Waals surface area contributed by atoms with Gasteiger partial charge in [0, 0.05) is 5.92 Å². The molecule has 1 heterocycles. The summed E-state index contributed by atoms with van der Waals surface area (Å²) in [5.74, 6) is 1.70. The standard InChI is InChI=1S/C15H17N3O3S/c1-2-20-11-5-7-12(8-6-11)21-9-13(19)16-15-18-17-14(22-15)10-3-4-10/h5-8,10H,2-4,9H2,1H3,(H,16,18,19). The fraction of sp³-hybridized carbons (Fsp3) is 0.400. The summed E-state index contributed by atoms with van der Waals surface area (Å²) >= 11 is 1.43.